The molecule has 10 heteroatoms. The van der Waals surface area contributed by atoms with Gasteiger partial charge in [0.15, 0.2) is 10.3 Å². The van der Waals surface area contributed by atoms with E-state index in [1.807, 2.05) is 18.2 Å². The first kappa shape index (κ1) is 25.8. The second-order valence-corrected chi connectivity index (χ2v) is 11.3. The predicted octanol–water partition coefficient (Wildman–Crippen LogP) is 5.73. The monoisotopic (exact) mass is 537 g/mol. The Morgan fingerprint density at radius 3 is 2.59 bits per heavy atom. The van der Waals surface area contributed by atoms with Crippen LogP contribution in [0.5, 0.6) is 0 Å². The topological polar surface area (TPSA) is 78.9 Å². The summed E-state index contributed by atoms with van der Waals surface area (Å²) < 4.78 is 13.5. The van der Waals surface area contributed by atoms with Gasteiger partial charge in [-0.15, -0.1) is 0 Å². The van der Waals surface area contributed by atoms with Crippen LogP contribution in [-0.2, 0) is 5.41 Å². The Morgan fingerprint density at radius 1 is 1.11 bits per heavy atom. The van der Waals surface area contributed by atoms with E-state index in [0.717, 1.165) is 61.5 Å². The highest BCUT2D eigenvalue weighted by Crippen LogP contribution is 2.40. The van der Waals surface area contributed by atoms with Crippen molar-refractivity contribution in [1.82, 2.24) is 25.3 Å². The highest BCUT2D eigenvalue weighted by atomic mass is 32.2. The van der Waals surface area contributed by atoms with E-state index < -0.39 is 0 Å². The van der Waals surface area contributed by atoms with Crippen LogP contribution in [0.15, 0.2) is 59.0 Å². The lowest BCUT2D eigenvalue weighted by Gasteiger charge is -2.34. The normalized spacial score (nSPS) is 19.0. The summed E-state index contributed by atoms with van der Waals surface area (Å²) in [5.41, 5.74) is 1.09. The molecule has 2 fully saturated rings. The zero-order valence-corrected chi connectivity index (χ0v) is 22.6. The maximum Gasteiger partial charge on any atom is 0.232 e. The van der Waals surface area contributed by atoms with E-state index in [1.54, 1.807) is 30.6 Å². The van der Waals surface area contributed by atoms with Gasteiger partial charge in [0.05, 0.1) is 0 Å². The molecule has 0 amide bonds. The number of benzene rings is 1. The van der Waals surface area contributed by atoms with Crippen LogP contribution in [0.4, 0.5) is 16.2 Å². The van der Waals surface area contributed by atoms with E-state index in [4.69, 9.17) is 22.2 Å². The number of hydrogen-bond donors (Lipinski definition) is 2. The van der Waals surface area contributed by atoms with Crippen molar-refractivity contribution in [2.45, 2.75) is 73.5 Å². The molecule has 37 heavy (non-hydrogen) atoms. The number of aromatic nitrogens is 4. The average Bonchev–Trinajstić information content (AvgIpc) is 3.39. The second-order valence-electron chi connectivity index (χ2n) is 9.86. The number of rotatable bonds is 7. The van der Waals surface area contributed by atoms with Gasteiger partial charge >= 0.3 is 0 Å². The van der Waals surface area contributed by atoms with E-state index in [0.29, 0.717) is 28.8 Å². The molecule has 0 spiro atoms. The van der Waals surface area contributed by atoms with Gasteiger partial charge in [-0.25, -0.2) is 19.3 Å². The van der Waals surface area contributed by atoms with E-state index in [9.17, 15) is 4.39 Å². The smallest absolute Gasteiger partial charge is 0.232 e. The molecule has 3 heterocycles. The van der Waals surface area contributed by atoms with Gasteiger partial charge < -0.3 is 15.5 Å². The van der Waals surface area contributed by atoms with Gasteiger partial charge in [0.1, 0.15) is 16.7 Å². The summed E-state index contributed by atoms with van der Waals surface area (Å²) in [6.07, 6.45) is 11.4. The third-order valence-corrected chi connectivity index (χ3v) is 8.41. The summed E-state index contributed by atoms with van der Waals surface area (Å²) in [5, 5.41) is 8.50. The Bertz CT molecular complexity index is 1200. The van der Waals surface area contributed by atoms with Crippen molar-refractivity contribution in [2.24, 2.45) is 0 Å². The highest BCUT2D eigenvalue weighted by Gasteiger charge is 2.35. The Kier molecular flexibility index (Phi) is 8.14. The van der Waals surface area contributed by atoms with Crippen molar-refractivity contribution in [3.8, 4) is 0 Å². The molecule has 1 aliphatic heterocycles. The number of anilines is 2. The van der Waals surface area contributed by atoms with Crippen LogP contribution in [0.1, 0.15) is 57.4 Å². The molecular formula is C27H32FN7S2. The fourth-order valence-electron chi connectivity index (χ4n) is 5.36. The lowest BCUT2D eigenvalue weighted by Crippen LogP contribution is -2.41. The Morgan fingerprint density at radius 2 is 1.86 bits per heavy atom. The Hall–Kier alpha value is -2.85. The van der Waals surface area contributed by atoms with E-state index in [1.165, 1.54) is 18.2 Å². The van der Waals surface area contributed by atoms with Crippen LogP contribution in [0, 0.1) is 5.82 Å². The van der Waals surface area contributed by atoms with Gasteiger partial charge in [0.2, 0.25) is 5.95 Å². The molecule has 5 rings (SSSR count). The zero-order chi connectivity index (χ0) is 25.7. The summed E-state index contributed by atoms with van der Waals surface area (Å²) in [4.78, 5) is 20.6. The molecule has 194 valence electrons. The quantitative estimate of drug-likeness (QED) is 0.223. The van der Waals surface area contributed by atoms with Crippen LogP contribution in [0.2, 0.25) is 0 Å². The molecule has 1 unspecified atom stereocenters. The first-order valence-corrected chi connectivity index (χ1v) is 14.1. The molecule has 7 nitrogen and oxygen atoms in total. The highest BCUT2D eigenvalue weighted by molar-refractivity contribution is 7.99. The maximum absolute atomic E-state index is 13.5. The van der Waals surface area contributed by atoms with E-state index >= 15 is 0 Å². The van der Waals surface area contributed by atoms with Gasteiger partial charge in [-0.05, 0) is 86.8 Å². The van der Waals surface area contributed by atoms with Gasteiger partial charge in [-0.3, -0.25) is 0 Å². The number of thiocarbonyl (C=S) groups is 1. The van der Waals surface area contributed by atoms with Gasteiger partial charge in [-0.2, -0.15) is 4.98 Å². The molecule has 0 radical (unpaired) electrons. The largest absolute Gasteiger partial charge is 0.361 e. The van der Waals surface area contributed by atoms with Crippen LogP contribution >= 0.6 is 24.0 Å². The SMILES string of the molecule is CC1CCCCN1c1cc(Sc2ncccn2)nc(NC(=S)NCC2(c3ccc(F)cc3)CCCC2)n1. The van der Waals surface area contributed by atoms with Crippen LogP contribution in [0.3, 0.4) is 0 Å². The van der Waals surface area contributed by atoms with Crippen LogP contribution in [-0.4, -0.2) is 44.2 Å². The first-order chi connectivity index (χ1) is 18.0. The minimum Gasteiger partial charge on any atom is -0.361 e. The van der Waals surface area contributed by atoms with Crippen molar-refractivity contribution >= 4 is 40.9 Å². The lowest BCUT2D eigenvalue weighted by molar-refractivity contribution is 0.434. The molecule has 1 aliphatic carbocycles. The summed E-state index contributed by atoms with van der Waals surface area (Å²) in [5.74, 6) is 1.12. The molecule has 1 saturated heterocycles. The number of nitrogens with one attached hydrogen (secondary N) is 2. The van der Waals surface area contributed by atoms with Crippen molar-refractivity contribution in [2.75, 3.05) is 23.3 Å². The molecule has 2 aromatic heterocycles. The molecular weight excluding hydrogens is 505 g/mol. The minimum absolute atomic E-state index is 0.0585. The zero-order valence-electron chi connectivity index (χ0n) is 21.0. The van der Waals surface area contributed by atoms with E-state index in [2.05, 4.69) is 32.4 Å². The molecule has 1 saturated carbocycles. The summed E-state index contributed by atoms with van der Waals surface area (Å²) >= 11 is 7.09. The van der Waals surface area contributed by atoms with E-state index in [-0.39, 0.29) is 11.2 Å². The third kappa shape index (κ3) is 6.35. The number of halogens is 1. The standard InChI is InChI=1S/C27H32FN7S2/c1-19-7-2-5-16-35(19)22-17-23(37-26-29-14-6-15-30-26)33-24(32-22)34-25(36)31-18-27(12-3-4-13-27)20-8-10-21(28)11-9-20/h6,8-11,14-15,17,19H,2-5,7,12-13,16,18H2,1H3,(H2,31,32,33,34,36). The Balaban J connectivity index is 1.33. The fraction of sp³-hybridized carbons (Fsp3) is 0.444. The molecule has 2 aliphatic rings. The van der Waals surface area contributed by atoms with Gasteiger partial charge in [0, 0.05) is 43.0 Å². The molecule has 3 aromatic rings. The third-order valence-electron chi connectivity index (χ3n) is 7.35. The van der Waals surface area contributed by atoms with Crippen LogP contribution in [0.25, 0.3) is 0 Å². The summed E-state index contributed by atoms with van der Waals surface area (Å²) in [6, 6.07) is 11.1. The lowest BCUT2D eigenvalue weighted by atomic mass is 9.79. The average molecular weight is 538 g/mol. The molecule has 2 N–H and O–H groups in total. The minimum atomic E-state index is -0.211. The summed E-state index contributed by atoms with van der Waals surface area (Å²) in [6.45, 7) is 3.88. The number of hydrogen-bond acceptors (Lipinski definition) is 7. The van der Waals surface area contributed by atoms with Gasteiger partial charge in [-0.1, -0.05) is 25.0 Å². The molecule has 1 atom stereocenters. The second kappa shape index (κ2) is 11.7. The Labute approximate surface area is 227 Å². The fourth-order valence-corrected chi connectivity index (χ4v) is 6.23. The summed E-state index contributed by atoms with van der Waals surface area (Å²) in [7, 11) is 0. The van der Waals surface area contributed by atoms with Crippen molar-refractivity contribution in [3.05, 3.63) is 60.2 Å². The molecule has 1 aromatic carbocycles. The maximum atomic E-state index is 13.5. The predicted molar refractivity (Wildman–Crippen MR) is 150 cm³/mol. The van der Waals surface area contributed by atoms with Crippen molar-refractivity contribution in [3.63, 3.8) is 0 Å². The van der Waals surface area contributed by atoms with Crippen molar-refractivity contribution in [1.29, 1.82) is 0 Å². The van der Waals surface area contributed by atoms with Gasteiger partial charge in [0.25, 0.3) is 0 Å². The number of nitrogens with zero attached hydrogens (tertiary/aromatic N) is 5. The first-order valence-electron chi connectivity index (χ1n) is 12.9. The van der Waals surface area contributed by atoms with Crippen LogP contribution < -0.4 is 15.5 Å². The van der Waals surface area contributed by atoms with Crippen molar-refractivity contribution < 1.29 is 4.39 Å². The molecule has 0 bridgehead atoms. The number of piperidine rings is 1.